The van der Waals surface area contributed by atoms with E-state index in [9.17, 15) is 5.11 Å². The summed E-state index contributed by atoms with van der Waals surface area (Å²) in [4.78, 5) is 4.33. The van der Waals surface area contributed by atoms with Gasteiger partial charge in [0, 0.05) is 16.5 Å². The van der Waals surface area contributed by atoms with Crippen LogP contribution >= 0.6 is 11.9 Å². The summed E-state index contributed by atoms with van der Waals surface area (Å²) in [5.41, 5.74) is 2.66. The zero-order valence-electron chi connectivity index (χ0n) is 12.0. The van der Waals surface area contributed by atoms with E-state index in [1.807, 2.05) is 6.92 Å². The second-order valence-corrected chi connectivity index (χ2v) is 7.69. The van der Waals surface area contributed by atoms with Gasteiger partial charge >= 0.3 is 0 Å². The Morgan fingerprint density at radius 2 is 2.16 bits per heavy atom. The largest absolute Gasteiger partial charge is 0.390 e. The third-order valence-electron chi connectivity index (χ3n) is 3.02. The van der Waals surface area contributed by atoms with Crippen molar-refractivity contribution in [3.8, 4) is 0 Å². The molecule has 0 aromatic carbocycles. The van der Waals surface area contributed by atoms with Crippen molar-refractivity contribution in [2.45, 2.75) is 44.6 Å². The number of hydrogen-bond donors (Lipinski definition) is 2. The third-order valence-corrected chi connectivity index (χ3v) is 4.13. The van der Waals surface area contributed by atoms with Crippen molar-refractivity contribution in [1.82, 2.24) is 9.71 Å². The van der Waals surface area contributed by atoms with Crippen LogP contribution in [0.3, 0.4) is 0 Å². The predicted octanol–water partition coefficient (Wildman–Crippen LogP) is 2.14. The first kappa shape index (κ1) is 14.8. The van der Waals surface area contributed by atoms with Crippen LogP contribution in [0.5, 0.6) is 0 Å². The molecule has 4 nitrogen and oxygen atoms in total. The van der Waals surface area contributed by atoms with Crippen LogP contribution in [0.4, 0.5) is 0 Å². The second-order valence-electron chi connectivity index (χ2n) is 6.06. The summed E-state index contributed by atoms with van der Waals surface area (Å²) < 4.78 is 9.07. The summed E-state index contributed by atoms with van der Waals surface area (Å²) in [5, 5.41) is 9.48. The minimum absolute atomic E-state index is 0.0424. The lowest BCUT2D eigenvalue weighted by molar-refractivity contribution is -0.0662. The summed E-state index contributed by atoms with van der Waals surface area (Å²) in [6.07, 6.45) is 1.79. The van der Waals surface area contributed by atoms with Gasteiger partial charge in [-0.1, -0.05) is 18.0 Å². The molecule has 2 rings (SSSR count). The molecule has 0 unspecified atom stereocenters. The predicted molar refractivity (Wildman–Crippen MR) is 77.9 cm³/mol. The summed E-state index contributed by atoms with van der Waals surface area (Å²) in [7, 11) is 0. The van der Waals surface area contributed by atoms with Gasteiger partial charge in [0.15, 0.2) is 0 Å². The van der Waals surface area contributed by atoms with E-state index < -0.39 is 0 Å². The van der Waals surface area contributed by atoms with E-state index in [2.05, 4.69) is 36.5 Å². The molecular formula is C14H22N2O2S. The molecule has 106 valence electrons. The molecule has 1 aromatic heterocycles. The normalized spacial score (nSPS) is 18.2. The van der Waals surface area contributed by atoms with Gasteiger partial charge in [0.05, 0.1) is 25.5 Å². The fourth-order valence-corrected chi connectivity index (χ4v) is 2.69. The quantitative estimate of drug-likeness (QED) is 0.829. The van der Waals surface area contributed by atoms with Gasteiger partial charge in [0.2, 0.25) is 0 Å². The van der Waals surface area contributed by atoms with E-state index >= 15 is 0 Å². The number of pyridine rings is 1. The van der Waals surface area contributed by atoms with E-state index in [4.69, 9.17) is 4.74 Å². The van der Waals surface area contributed by atoms with Crippen LogP contribution in [0.15, 0.2) is 12.3 Å². The molecule has 19 heavy (non-hydrogen) atoms. The monoisotopic (exact) mass is 282 g/mol. The maximum absolute atomic E-state index is 9.48. The van der Waals surface area contributed by atoms with Gasteiger partial charge in [-0.25, -0.2) is 4.72 Å². The molecule has 1 aliphatic heterocycles. The first-order valence-electron chi connectivity index (χ1n) is 6.46. The third kappa shape index (κ3) is 3.28. The highest BCUT2D eigenvalue weighted by Gasteiger charge is 2.43. The van der Waals surface area contributed by atoms with Crippen molar-refractivity contribution in [2.24, 2.45) is 0 Å². The Morgan fingerprint density at radius 3 is 2.63 bits per heavy atom. The lowest BCUT2D eigenvalue weighted by Crippen LogP contribution is -2.56. The zero-order valence-corrected chi connectivity index (χ0v) is 12.8. The van der Waals surface area contributed by atoms with E-state index in [1.165, 1.54) is 0 Å². The summed E-state index contributed by atoms with van der Waals surface area (Å²) in [6.45, 7) is 9.71. The van der Waals surface area contributed by atoms with Crippen LogP contribution in [0, 0.1) is 6.92 Å². The van der Waals surface area contributed by atoms with E-state index in [0.29, 0.717) is 13.2 Å². The number of aryl methyl sites for hydroxylation is 1. The molecular weight excluding hydrogens is 260 g/mol. The first-order valence-corrected chi connectivity index (χ1v) is 7.28. The van der Waals surface area contributed by atoms with Crippen molar-refractivity contribution in [3.05, 3.63) is 29.1 Å². The summed E-state index contributed by atoms with van der Waals surface area (Å²) in [6, 6.07) is 2.09. The lowest BCUT2D eigenvalue weighted by Gasteiger charge is -2.44. The summed E-state index contributed by atoms with van der Waals surface area (Å²) in [5.74, 6) is 0. The minimum Gasteiger partial charge on any atom is -0.390 e. The number of aliphatic hydroxyl groups is 1. The van der Waals surface area contributed by atoms with Crippen LogP contribution in [0.25, 0.3) is 0 Å². The number of hydrogen-bond acceptors (Lipinski definition) is 5. The highest BCUT2D eigenvalue weighted by Crippen LogP contribution is 2.36. The van der Waals surface area contributed by atoms with Gasteiger partial charge in [-0.05, 0) is 33.3 Å². The summed E-state index contributed by atoms with van der Waals surface area (Å²) >= 11 is 1.70. The van der Waals surface area contributed by atoms with Crippen LogP contribution in [-0.2, 0) is 16.9 Å². The Hall–Kier alpha value is -0.620. The molecule has 0 bridgehead atoms. The van der Waals surface area contributed by atoms with Crippen LogP contribution in [0.1, 0.15) is 37.6 Å². The number of rotatable bonds is 4. The van der Waals surface area contributed by atoms with Crippen molar-refractivity contribution < 1.29 is 9.84 Å². The maximum Gasteiger partial charge on any atom is 0.102 e. The van der Waals surface area contributed by atoms with Gasteiger partial charge in [0.1, 0.15) is 5.54 Å². The van der Waals surface area contributed by atoms with E-state index in [0.717, 1.165) is 16.8 Å². The fraction of sp³-hybridized carbons (Fsp3) is 0.643. The number of aromatic nitrogens is 1. The Labute approximate surface area is 119 Å². The number of ether oxygens (including phenoxy) is 1. The van der Waals surface area contributed by atoms with Crippen molar-refractivity contribution >= 4 is 11.9 Å². The molecule has 1 fully saturated rings. The van der Waals surface area contributed by atoms with Crippen LogP contribution < -0.4 is 4.72 Å². The van der Waals surface area contributed by atoms with Crippen molar-refractivity contribution in [1.29, 1.82) is 0 Å². The lowest BCUT2D eigenvalue weighted by atomic mass is 9.87. The average Bonchev–Trinajstić information content (AvgIpc) is 2.26. The van der Waals surface area contributed by atoms with Crippen molar-refractivity contribution in [2.75, 3.05) is 13.2 Å². The molecule has 2 heterocycles. The zero-order chi connectivity index (χ0) is 14.1. The van der Waals surface area contributed by atoms with Crippen molar-refractivity contribution in [3.63, 3.8) is 0 Å². The average molecular weight is 282 g/mol. The smallest absolute Gasteiger partial charge is 0.102 e. The first-order chi connectivity index (χ1) is 8.86. The van der Waals surface area contributed by atoms with E-state index in [1.54, 1.807) is 18.1 Å². The minimum atomic E-state index is -0.227. The number of nitrogens with one attached hydrogen (secondary N) is 1. The number of nitrogens with zero attached hydrogens (tertiary/aromatic N) is 1. The SMILES string of the molecule is Cc1cnc(CO)c(C2(NSC(C)(C)C)COC2)c1. The Bertz CT molecular complexity index is 453. The van der Waals surface area contributed by atoms with Gasteiger partial charge in [-0.2, -0.15) is 0 Å². The Morgan fingerprint density at radius 1 is 1.47 bits per heavy atom. The molecule has 1 aromatic rings. The maximum atomic E-state index is 9.48. The molecule has 0 amide bonds. The standard InChI is InChI=1S/C14H22N2O2S/c1-10-5-11(12(7-17)15-6-10)14(8-18-9-14)16-19-13(2,3)4/h5-6,16-17H,7-9H2,1-4H3. The molecule has 5 heteroatoms. The highest BCUT2D eigenvalue weighted by atomic mass is 32.2. The van der Waals surface area contributed by atoms with Gasteiger partial charge in [0.25, 0.3) is 0 Å². The van der Waals surface area contributed by atoms with Crippen LogP contribution in [0.2, 0.25) is 0 Å². The van der Waals surface area contributed by atoms with E-state index in [-0.39, 0.29) is 16.9 Å². The number of aliphatic hydroxyl groups excluding tert-OH is 1. The Balaban J connectivity index is 2.28. The van der Waals surface area contributed by atoms with Gasteiger partial charge in [-0.15, -0.1) is 0 Å². The topological polar surface area (TPSA) is 54.4 Å². The molecule has 0 radical (unpaired) electrons. The second kappa shape index (κ2) is 5.40. The Kier molecular flexibility index (Phi) is 4.20. The van der Waals surface area contributed by atoms with Crippen LogP contribution in [-0.4, -0.2) is 28.1 Å². The van der Waals surface area contributed by atoms with Gasteiger partial charge in [-0.3, -0.25) is 4.98 Å². The highest BCUT2D eigenvalue weighted by molar-refractivity contribution is 7.98. The molecule has 1 aliphatic rings. The molecule has 1 saturated heterocycles. The molecule has 0 spiro atoms. The molecule has 2 N–H and O–H groups in total. The fourth-order valence-electron chi connectivity index (χ4n) is 1.96. The molecule has 0 atom stereocenters. The molecule has 0 aliphatic carbocycles. The molecule has 0 saturated carbocycles. The van der Waals surface area contributed by atoms with Gasteiger partial charge < -0.3 is 9.84 Å².